The second kappa shape index (κ2) is 5.31. The number of hydrogen-bond acceptors (Lipinski definition) is 2. The Bertz CT molecular complexity index is 240. The minimum absolute atomic E-state index is 0.193. The molecule has 0 aromatic heterocycles. The molecule has 2 rings (SSSR count). The van der Waals surface area contributed by atoms with Crippen LogP contribution in [-0.2, 0) is 4.79 Å². The van der Waals surface area contributed by atoms with Crippen molar-refractivity contribution in [1.29, 1.82) is 0 Å². The fraction of sp³-hybridized carbons (Fsp3) is 0.750. The Morgan fingerprint density at radius 2 is 1.73 bits per heavy atom. The van der Waals surface area contributed by atoms with Gasteiger partial charge in [-0.1, -0.05) is 12.5 Å². The summed E-state index contributed by atoms with van der Waals surface area (Å²) in [5, 5.41) is 0. The third-order valence-corrected chi connectivity index (χ3v) is 3.24. The van der Waals surface area contributed by atoms with E-state index >= 15 is 0 Å². The molecule has 3 heteroatoms. The van der Waals surface area contributed by atoms with Crippen molar-refractivity contribution in [2.75, 3.05) is 32.7 Å². The molecule has 2 aliphatic heterocycles. The van der Waals surface area contributed by atoms with E-state index in [-0.39, 0.29) is 5.91 Å². The zero-order valence-electron chi connectivity index (χ0n) is 9.32. The largest absolute Gasteiger partial charge is 0.339 e. The van der Waals surface area contributed by atoms with Gasteiger partial charge in [0.25, 0.3) is 0 Å². The standard InChI is InChI=1S/C12H20N2O/c15-12(14-10-5-11-14)6-4-9-13-7-2-1-3-8-13/h4,6H,1-3,5,7-11H2/b6-4+. The van der Waals surface area contributed by atoms with E-state index in [1.54, 1.807) is 6.08 Å². The van der Waals surface area contributed by atoms with Gasteiger partial charge >= 0.3 is 0 Å². The van der Waals surface area contributed by atoms with Crippen LogP contribution >= 0.6 is 0 Å². The average Bonchev–Trinajstić information content (AvgIpc) is 2.16. The highest BCUT2D eigenvalue weighted by molar-refractivity contribution is 5.88. The number of rotatable bonds is 3. The number of likely N-dealkylation sites (tertiary alicyclic amines) is 2. The minimum atomic E-state index is 0.193. The first-order valence-electron chi connectivity index (χ1n) is 6.04. The van der Waals surface area contributed by atoms with Crippen LogP contribution in [0.1, 0.15) is 25.7 Å². The van der Waals surface area contributed by atoms with Crippen LogP contribution in [0.5, 0.6) is 0 Å². The van der Waals surface area contributed by atoms with Gasteiger partial charge in [-0.3, -0.25) is 9.69 Å². The maximum absolute atomic E-state index is 11.5. The van der Waals surface area contributed by atoms with Crippen LogP contribution in [0.4, 0.5) is 0 Å². The van der Waals surface area contributed by atoms with Crippen LogP contribution in [-0.4, -0.2) is 48.4 Å². The topological polar surface area (TPSA) is 23.6 Å². The first kappa shape index (κ1) is 10.7. The Balaban J connectivity index is 1.66. The third-order valence-electron chi connectivity index (χ3n) is 3.24. The van der Waals surface area contributed by atoms with Crippen molar-refractivity contribution in [3.05, 3.63) is 12.2 Å². The van der Waals surface area contributed by atoms with Crippen molar-refractivity contribution >= 4 is 5.91 Å². The van der Waals surface area contributed by atoms with Gasteiger partial charge in [0.1, 0.15) is 0 Å². The Kier molecular flexibility index (Phi) is 3.78. The van der Waals surface area contributed by atoms with Crippen molar-refractivity contribution < 1.29 is 4.79 Å². The van der Waals surface area contributed by atoms with Gasteiger partial charge < -0.3 is 4.90 Å². The molecule has 0 unspecified atom stereocenters. The molecule has 1 amide bonds. The molecule has 15 heavy (non-hydrogen) atoms. The minimum Gasteiger partial charge on any atom is -0.339 e. The summed E-state index contributed by atoms with van der Waals surface area (Å²) in [5.74, 6) is 0.193. The molecular weight excluding hydrogens is 188 g/mol. The molecule has 2 aliphatic rings. The van der Waals surface area contributed by atoms with E-state index in [0.717, 1.165) is 19.6 Å². The summed E-state index contributed by atoms with van der Waals surface area (Å²) in [5.41, 5.74) is 0. The number of amides is 1. The Morgan fingerprint density at radius 3 is 2.33 bits per heavy atom. The highest BCUT2D eigenvalue weighted by atomic mass is 16.2. The van der Waals surface area contributed by atoms with Gasteiger partial charge in [0.05, 0.1) is 0 Å². The fourth-order valence-electron chi connectivity index (χ4n) is 2.09. The molecule has 84 valence electrons. The molecule has 2 heterocycles. The first-order chi connectivity index (χ1) is 7.36. The lowest BCUT2D eigenvalue weighted by Gasteiger charge is -2.29. The lowest BCUT2D eigenvalue weighted by molar-refractivity contribution is -0.129. The summed E-state index contributed by atoms with van der Waals surface area (Å²) >= 11 is 0. The zero-order valence-corrected chi connectivity index (χ0v) is 9.32. The van der Waals surface area contributed by atoms with Crippen LogP contribution in [0.25, 0.3) is 0 Å². The van der Waals surface area contributed by atoms with Crippen LogP contribution in [0.2, 0.25) is 0 Å². The van der Waals surface area contributed by atoms with Crippen molar-refractivity contribution in [2.45, 2.75) is 25.7 Å². The fourth-order valence-corrected chi connectivity index (χ4v) is 2.09. The Labute approximate surface area is 91.7 Å². The first-order valence-corrected chi connectivity index (χ1v) is 6.04. The van der Waals surface area contributed by atoms with Crippen molar-refractivity contribution in [1.82, 2.24) is 9.80 Å². The van der Waals surface area contributed by atoms with Gasteiger partial charge in [-0.25, -0.2) is 0 Å². The molecule has 2 saturated heterocycles. The number of carbonyl (C=O) groups is 1. The van der Waals surface area contributed by atoms with E-state index in [9.17, 15) is 4.79 Å². The van der Waals surface area contributed by atoms with E-state index in [0.29, 0.717) is 0 Å². The Morgan fingerprint density at radius 1 is 1.00 bits per heavy atom. The monoisotopic (exact) mass is 208 g/mol. The molecule has 3 nitrogen and oxygen atoms in total. The summed E-state index contributed by atoms with van der Waals surface area (Å²) in [6.45, 7) is 5.24. The maximum atomic E-state index is 11.5. The van der Waals surface area contributed by atoms with Crippen molar-refractivity contribution in [3.8, 4) is 0 Å². The number of hydrogen-bond donors (Lipinski definition) is 0. The van der Waals surface area contributed by atoms with Gasteiger partial charge in [-0.05, 0) is 32.4 Å². The smallest absolute Gasteiger partial charge is 0.246 e. The zero-order chi connectivity index (χ0) is 10.5. The van der Waals surface area contributed by atoms with Gasteiger partial charge in [0, 0.05) is 25.7 Å². The summed E-state index contributed by atoms with van der Waals surface area (Å²) < 4.78 is 0. The summed E-state index contributed by atoms with van der Waals surface area (Å²) in [7, 11) is 0. The van der Waals surface area contributed by atoms with E-state index < -0.39 is 0 Å². The highest BCUT2D eigenvalue weighted by Crippen LogP contribution is 2.09. The molecular formula is C12H20N2O. The van der Waals surface area contributed by atoms with Gasteiger partial charge in [-0.2, -0.15) is 0 Å². The van der Waals surface area contributed by atoms with Gasteiger partial charge in [-0.15, -0.1) is 0 Å². The quantitative estimate of drug-likeness (QED) is 0.652. The third kappa shape index (κ3) is 3.06. The molecule has 0 aromatic rings. The molecule has 0 N–H and O–H groups in total. The molecule has 2 fully saturated rings. The number of carbonyl (C=O) groups excluding carboxylic acids is 1. The molecule has 0 radical (unpaired) electrons. The molecule has 0 bridgehead atoms. The van der Waals surface area contributed by atoms with Crippen LogP contribution in [0.15, 0.2) is 12.2 Å². The second-order valence-corrected chi connectivity index (χ2v) is 4.44. The highest BCUT2D eigenvalue weighted by Gasteiger charge is 2.17. The van der Waals surface area contributed by atoms with Crippen molar-refractivity contribution in [2.24, 2.45) is 0 Å². The van der Waals surface area contributed by atoms with E-state index in [1.807, 2.05) is 11.0 Å². The predicted molar refractivity (Wildman–Crippen MR) is 60.6 cm³/mol. The maximum Gasteiger partial charge on any atom is 0.246 e. The van der Waals surface area contributed by atoms with E-state index in [2.05, 4.69) is 4.90 Å². The second-order valence-electron chi connectivity index (χ2n) is 4.44. The van der Waals surface area contributed by atoms with Crippen LogP contribution in [0.3, 0.4) is 0 Å². The molecule has 0 saturated carbocycles. The summed E-state index contributed by atoms with van der Waals surface area (Å²) in [4.78, 5) is 15.8. The van der Waals surface area contributed by atoms with Crippen molar-refractivity contribution in [3.63, 3.8) is 0 Å². The summed E-state index contributed by atoms with van der Waals surface area (Å²) in [6.07, 6.45) is 8.93. The average molecular weight is 208 g/mol. The molecule has 0 spiro atoms. The predicted octanol–water partition coefficient (Wildman–Crippen LogP) is 1.26. The SMILES string of the molecule is O=C(/C=C/CN1CCCCC1)N1CCC1. The molecule has 0 aromatic carbocycles. The lowest BCUT2D eigenvalue weighted by Crippen LogP contribution is -2.41. The normalized spacial score (nSPS) is 23.1. The number of piperidine rings is 1. The lowest BCUT2D eigenvalue weighted by atomic mass is 10.1. The summed E-state index contributed by atoms with van der Waals surface area (Å²) in [6, 6.07) is 0. The van der Waals surface area contributed by atoms with Crippen LogP contribution < -0.4 is 0 Å². The van der Waals surface area contributed by atoms with E-state index in [4.69, 9.17) is 0 Å². The molecule has 0 atom stereocenters. The molecule has 0 aliphatic carbocycles. The van der Waals surface area contributed by atoms with Gasteiger partial charge in [0.2, 0.25) is 5.91 Å². The van der Waals surface area contributed by atoms with Gasteiger partial charge in [0.15, 0.2) is 0 Å². The number of nitrogens with zero attached hydrogens (tertiary/aromatic N) is 2. The Hall–Kier alpha value is -0.830. The van der Waals surface area contributed by atoms with Crippen LogP contribution in [0, 0.1) is 0 Å². The van der Waals surface area contributed by atoms with E-state index in [1.165, 1.54) is 38.8 Å².